The Labute approximate surface area is 547 Å². The zero-order chi connectivity index (χ0) is 71.4. The molecule has 508 valence electrons. The fourth-order valence-electron chi connectivity index (χ4n) is 13.1. The number of carbonyl (C=O) groups is 20. The van der Waals surface area contributed by atoms with Gasteiger partial charge in [0.15, 0.2) is 0 Å². The number of carbonyl (C=O) groups excluding carboxylic acids is 20. The minimum atomic E-state index is -0.872. The second-order valence-electron chi connectivity index (χ2n) is 25.0. The Bertz CT molecular complexity index is 3470. The third-order valence-corrected chi connectivity index (χ3v) is 19.4. The molecule has 1 aliphatic carbocycles. The molecule has 0 aromatic rings. The van der Waals surface area contributed by atoms with Crippen molar-refractivity contribution in [2.24, 2.45) is 82.9 Å². The van der Waals surface area contributed by atoms with Gasteiger partial charge < -0.3 is 0 Å². The average Bonchev–Trinajstić information content (AvgIpc) is 1.57. The summed E-state index contributed by atoms with van der Waals surface area (Å²) in [7, 11) is 13.1. The standard InChI is InChI=1S/C19H23N3O6.C14H18N2O4.C14H17N2O4.C8H11NO2.2C5H5NO2/c1-7-9(15(24)20(2)14(7)23)5-8-6-10-12(18(27)21(3)16(10)25)13-11(8)17(26)22(4)19(13)28;2*1-8-10(14(20)16(3)12(8)18)6-4-5-9-7-11(17)15(2)13(9)19;1-3-4-6-5-7(10)9(2)8(6)11;2*1-6-4(7)2-3-5(6)8/h7-13H,5-6H2,1-4H3;4-5,8-10H,6-7H2,1-3H3;4-5,8-10H,3,6-7H2,1-2H3;3,6H,1,4-5H2,2H3;2*2-3H,1H3/q;;+1;;;/b;2*5-4+;;;/t7-,8?,9?,10?,11?,12?,13?;2*8-,9?,10?;;;/m000.../s1. The van der Waals surface area contributed by atoms with Crippen LogP contribution in [0.1, 0.15) is 72.1 Å². The van der Waals surface area contributed by atoms with E-state index in [1.165, 1.54) is 92.6 Å². The van der Waals surface area contributed by atoms with E-state index < -0.39 is 76.9 Å². The predicted octanol–water partition coefficient (Wildman–Crippen LogP) is -1.08. The van der Waals surface area contributed by atoms with Crippen molar-refractivity contribution in [3.05, 3.63) is 61.3 Å². The number of amides is 20. The van der Waals surface area contributed by atoms with Crippen LogP contribution in [-0.4, -0.2) is 237 Å². The molecule has 1 saturated carbocycles. The van der Waals surface area contributed by atoms with Crippen molar-refractivity contribution in [1.29, 1.82) is 0 Å². The van der Waals surface area contributed by atoms with Crippen LogP contribution in [0.2, 0.25) is 0 Å². The molecule has 0 N–H and O–H groups in total. The van der Waals surface area contributed by atoms with Crippen LogP contribution in [0.5, 0.6) is 0 Å². The van der Waals surface area contributed by atoms with Gasteiger partial charge in [0.1, 0.15) is 12.6 Å². The largest absolute Gasteiger partial charge is 0.398 e. The van der Waals surface area contributed by atoms with E-state index >= 15 is 0 Å². The van der Waals surface area contributed by atoms with Gasteiger partial charge in [-0.2, -0.15) is 0 Å². The maximum atomic E-state index is 12.8. The van der Waals surface area contributed by atoms with E-state index in [0.29, 0.717) is 25.7 Å². The van der Waals surface area contributed by atoms with Crippen molar-refractivity contribution < 1.29 is 100 Å². The zero-order valence-corrected chi connectivity index (χ0v) is 55.0. The molecule has 11 rings (SSSR count). The zero-order valence-electron chi connectivity index (χ0n) is 55.0. The van der Waals surface area contributed by atoms with Crippen LogP contribution in [0, 0.1) is 82.9 Å². The van der Waals surface area contributed by atoms with Crippen LogP contribution in [0.3, 0.4) is 0 Å². The third-order valence-electron chi connectivity index (χ3n) is 19.4. The number of nitrogens with zero attached hydrogens (tertiary/aromatic N) is 10. The highest BCUT2D eigenvalue weighted by Crippen LogP contribution is 2.53. The number of hydrogen-bond acceptors (Lipinski definition) is 20. The smallest absolute Gasteiger partial charge is 0.285 e. The van der Waals surface area contributed by atoms with E-state index in [1.807, 2.05) is 0 Å². The Morgan fingerprint density at radius 1 is 0.389 bits per heavy atom. The van der Waals surface area contributed by atoms with E-state index in [9.17, 15) is 95.9 Å². The monoisotopic (exact) mass is 1320 g/mol. The molecule has 11 aliphatic rings. The number of imide groups is 10. The van der Waals surface area contributed by atoms with E-state index in [4.69, 9.17) is 0 Å². The SMILES string of the molecule is C=CCC1CC(=O)N(C)C1=O.C=[N+]1C(=O)C(C/C=C/C2CC(=O)N(C)C2=O)[C@H](C)C1=O.CN1C(=O)C=CC1=O.CN1C(=O)C=CC1=O.C[C@@H]1C(=O)N(C)C(=O)C1C/C=C/C1CC(=O)N(C)C1=O.C[C@@H]1C(=O)N(C)C(=O)C1CC1CC2C(=O)N(C)C(=O)C2C2C(=O)N(C)C(=O)C12. The molecule has 10 heterocycles. The van der Waals surface area contributed by atoms with Crippen molar-refractivity contribution in [3.63, 3.8) is 0 Å². The van der Waals surface area contributed by atoms with Gasteiger partial charge in [0, 0.05) is 119 Å². The molecule has 95 heavy (non-hydrogen) atoms. The molecule has 0 aromatic carbocycles. The van der Waals surface area contributed by atoms with Crippen LogP contribution in [-0.2, 0) is 95.9 Å². The molecule has 0 bridgehead atoms. The second-order valence-corrected chi connectivity index (χ2v) is 25.0. The molecule has 30 nitrogen and oxygen atoms in total. The number of allylic oxidation sites excluding steroid dienone is 3. The Morgan fingerprint density at radius 3 is 1.12 bits per heavy atom. The van der Waals surface area contributed by atoms with Gasteiger partial charge in [-0.15, -0.1) is 11.2 Å². The molecule has 9 fully saturated rings. The Balaban J connectivity index is 0.000000191. The summed E-state index contributed by atoms with van der Waals surface area (Å²) in [6.45, 7) is 12.1. The summed E-state index contributed by atoms with van der Waals surface area (Å²) >= 11 is 0. The van der Waals surface area contributed by atoms with Gasteiger partial charge in [-0.1, -0.05) is 44.2 Å². The number of likely N-dealkylation sites (tertiary alicyclic amines) is 7. The molecule has 0 spiro atoms. The van der Waals surface area contributed by atoms with Crippen molar-refractivity contribution in [2.75, 3.05) is 63.4 Å². The molecule has 10 aliphatic heterocycles. The molecule has 0 aromatic heterocycles. The Kier molecular flexibility index (Phi) is 23.3. The summed E-state index contributed by atoms with van der Waals surface area (Å²) in [5.41, 5.74) is 0. The highest BCUT2D eigenvalue weighted by molar-refractivity contribution is 6.14. The van der Waals surface area contributed by atoms with Crippen LogP contribution in [0.25, 0.3) is 0 Å². The van der Waals surface area contributed by atoms with Gasteiger partial charge in [0.05, 0.1) is 59.2 Å². The first-order valence-electron chi connectivity index (χ1n) is 30.6. The first kappa shape index (κ1) is 74.0. The van der Waals surface area contributed by atoms with Crippen molar-refractivity contribution in [2.45, 2.75) is 72.1 Å². The predicted molar refractivity (Wildman–Crippen MR) is 327 cm³/mol. The quantitative estimate of drug-likeness (QED) is 0.143. The topological polar surface area (TPSA) is 374 Å². The van der Waals surface area contributed by atoms with E-state index in [2.05, 4.69) is 13.3 Å². The minimum Gasteiger partial charge on any atom is -0.285 e. The number of fused-ring (bicyclic) bond motifs is 3. The van der Waals surface area contributed by atoms with Gasteiger partial charge in [0.25, 0.3) is 23.6 Å². The molecule has 20 amide bonds. The number of hydrogen-bond donors (Lipinski definition) is 0. The Morgan fingerprint density at radius 2 is 0.768 bits per heavy atom. The van der Waals surface area contributed by atoms with Crippen LogP contribution < -0.4 is 0 Å². The summed E-state index contributed by atoms with van der Waals surface area (Å²) in [6.07, 6.45) is 16.1. The highest BCUT2D eigenvalue weighted by Gasteiger charge is 2.65. The van der Waals surface area contributed by atoms with Crippen molar-refractivity contribution in [1.82, 2.24) is 44.1 Å². The molecule has 8 saturated heterocycles. The first-order valence-corrected chi connectivity index (χ1v) is 30.6. The summed E-state index contributed by atoms with van der Waals surface area (Å²) in [5.74, 6) is -12.2. The Hall–Kier alpha value is -10.0. The van der Waals surface area contributed by atoms with E-state index in [1.54, 1.807) is 51.2 Å². The lowest BCUT2D eigenvalue weighted by atomic mass is 9.61. The van der Waals surface area contributed by atoms with Crippen LogP contribution in [0.15, 0.2) is 61.3 Å². The van der Waals surface area contributed by atoms with Gasteiger partial charge in [-0.25, -0.2) is 9.59 Å². The summed E-state index contributed by atoms with van der Waals surface area (Å²) in [4.78, 5) is 242. The van der Waals surface area contributed by atoms with Crippen molar-refractivity contribution >= 4 is 125 Å². The van der Waals surface area contributed by atoms with Gasteiger partial charge in [-0.3, -0.25) is 130 Å². The van der Waals surface area contributed by atoms with Crippen LogP contribution in [0.4, 0.5) is 0 Å². The van der Waals surface area contributed by atoms with Gasteiger partial charge in [-0.05, 0) is 44.9 Å². The summed E-state index contributed by atoms with van der Waals surface area (Å²) < 4.78 is 0.904. The lowest BCUT2D eigenvalue weighted by molar-refractivity contribution is -0.368. The van der Waals surface area contributed by atoms with E-state index in [-0.39, 0.29) is 150 Å². The maximum absolute atomic E-state index is 12.8. The average molecular weight is 1320 g/mol. The third kappa shape index (κ3) is 14.8. The highest BCUT2D eigenvalue weighted by atomic mass is 16.2. The molecule has 0 radical (unpaired) electrons. The second kappa shape index (κ2) is 29.9. The normalized spacial score (nSPS) is 31.1. The molecule has 11 unspecified atom stereocenters. The van der Waals surface area contributed by atoms with E-state index in [0.717, 1.165) is 43.8 Å². The summed E-state index contributed by atoms with van der Waals surface area (Å²) in [6, 6.07) is 0. The molecule has 30 heteroatoms. The first-order chi connectivity index (χ1) is 44.3. The number of likely N-dealkylation sites (N-methyl/N-ethyl adjacent to an activating group) is 2. The van der Waals surface area contributed by atoms with Gasteiger partial charge >= 0.3 is 11.8 Å². The maximum Gasteiger partial charge on any atom is 0.398 e. The molecule has 14 atom stereocenters. The molecular formula is C65H79N10O20+. The minimum absolute atomic E-state index is 0.0742. The molecular weight excluding hydrogens is 1240 g/mol. The van der Waals surface area contributed by atoms with Crippen LogP contribution >= 0.6 is 0 Å². The number of rotatable bonds is 10. The van der Waals surface area contributed by atoms with Gasteiger partial charge in [0.2, 0.25) is 82.7 Å². The lowest BCUT2D eigenvalue weighted by Gasteiger charge is -2.37. The summed E-state index contributed by atoms with van der Waals surface area (Å²) in [5, 5.41) is 0. The van der Waals surface area contributed by atoms with Crippen molar-refractivity contribution in [3.8, 4) is 0 Å². The lowest BCUT2D eigenvalue weighted by Crippen LogP contribution is -2.44. The fourth-order valence-corrected chi connectivity index (χ4v) is 13.1. The fraction of sp³-hybridized carbons (Fsp3) is 0.523.